The van der Waals surface area contributed by atoms with E-state index >= 15 is 0 Å². The summed E-state index contributed by atoms with van der Waals surface area (Å²) in [7, 11) is 0. The Bertz CT molecular complexity index is 441. The summed E-state index contributed by atoms with van der Waals surface area (Å²) >= 11 is 0. The number of carbonyl (C=O) groups is 1. The van der Waals surface area contributed by atoms with Crippen molar-refractivity contribution in [2.24, 2.45) is 0 Å². The molecule has 1 aromatic rings. The molecule has 0 aliphatic carbocycles. The van der Waals surface area contributed by atoms with Crippen molar-refractivity contribution in [3.05, 3.63) is 29.8 Å². The minimum Gasteiger partial charge on any atom is -0.545 e. The van der Waals surface area contributed by atoms with Gasteiger partial charge in [0.2, 0.25) is 0 Å². The Labute approximate surface area is 193 Å². The Kier molecular flexibility index (Phi) is 20.0. The predicted octanol–water partition coefficient (Wildman–Crippen LogP) is -3.14. The molecule has 0 saturated carbocycles. The predicted molar refractivity (Wildman–Crippen MR) is 97.4 cm³/mol. The fourth-order valence-electron chi connectivity index (χ4n) is 1.97. The molecule has 1 aromatic carbocycles. The van der Waals surface area contributed by atoms with E-state index < -0.39 is 5.97 Å². The standard InChI is InChI=1S/C12H24O6.C7H6O3.Na/c1-2-14-5-6-16-9-10-18-12-11-17-8-7-15-4-3-13-1;8-6-4-2-1-3-5(6)7(9)10;/h1-12H2;1-4,8H,(H,9,10);/q;;+1/p-1. The molecule has 0 amide bonds. The monoisotopic (exact) mass is 424 g/mol. The van der Waals surface area contributed by atoms with E-state index in [1.54, 1.807) is 6.07 Å². The van der Waals surface area contributed by atoms with Gasteiger partial charge in [0, 0.05) is 5.56 Å². The molecule has 0 unspecified atom stereocenters. The van der Waals surface area contributed by atoms with E-state index in [2.05, 4.69) is 0 Å². The molecular weight excluding hydrogens is 395 g/mol. The van der Waals surface area contributed by atoms with Gasteiger partial charge in [0.25, 0.3) is 0 Å². The van der Waals surface area contributed by atoms with E-state index in [0.717, 1.165) is 0 Å². The Morgan fingerprint density at radius 3 is 1.14 bits per heavy atom. The third-order valence-electron chi connectivity index (χ3n) is 3.36. The molecular formula is C19H29NaO9. The van der Waals surface area contributed by atoms with Crippen molar-refractivity contribution in [1.29, 1.82) is 0 Å². The number of hydrogen-bond acceptors (Lipinski definition) is 9. The van der Waals surface area contributed by atoms with Gasteiger partial charge in [-0.1, -0.05) is 12.1 Å². The molecule has 1 saturated heterocycles. The van der Waals surface area contributed by atoms with E-state index in [4.69, 9.17) is 33.5 Å². The quantitative estimate of drug-likeness (QED) is 0.467. The van der Waals surface area contributed by atoms with Gasteiger partial charge in [-0.05, 0) is 12.1 Å². The van der Waals surface area contributed by atoms with Crippen LogP contribution in [0.1, 0.15) is 10.4 Å². The molecule has 0 bridgehead atoms. The smallest absolute Gasteiger partial charge is 0.545 e. The van der Waals surface area contributed by atoms with Crippen molar-refractivity contribution in [2.75, 3.05) is 79.3 Å². The fraction of sp³-hybridized carbons (Fsp3) is 0.632. The van der Waals surface area contributed by atoms with Crippen molar-refractivity contribution >= 4 is 5.97 Å². The Hall–Kier alpha value is -0.750. The van der Waals surface area contributed by atoms with E-state index in [9.17, 15) is 9.90 Å². The average molecular weight is 424 g/mol. The molecule has 0 spiro atoms. The van der Waals surface area contributed by atoms with Gasteiger partial charge in [-0.3, -0.25) is 0 Å². The van der Waals surface area contributed by atoms with Crippen LogP contribution < -0.4 is 34.7 Å². The molecule has 1 aliphatic heterocycles. The van der Waals surface area contributed by atoms with Gasteiger partial charge in [0.05, 0.1) is 85.3 Å². The van der Waals surface area contributed by atoms with Crippen LogP contribution in [-0.2, 0) is 28.4 Å². The zero-order valence-corrected chi connectivity index (χ0v) is 19.0. The molecule has 1 heterocycles. The Balaban J connectivity index is 0.000000606. The first-order valence-corrected chi connectivity index (χ1v) is 9.17. The molecule has 2 rings (SSSR count). The first-order valence-electron chi connectivity index (χ1n) is 9.17. The number of ether oxygens (including phenoxy) is 6. The van der Waals surface area contributed by atoms with Crippen molar-refractivity contribution < 1.29 is 73.0 Å². The van der Waals surface area contributed by atoms with Crippen molar-refractivity contribution in [3.63, 3.8) is 0 Å². The van der Waals surface area contributed by atoms with E-state index in [0.29, 0.717) is 79.3 Å². The molecule has 1 fully saturated rings. The SMILES string of the molecule is C1COCCOCCOCCOCCOCCO1.O=C([O-])c1ccccc1O.[Na+]. The second-order valence-electron chi connectivity index (χ2n) is 5.48. The molecule has 160 valence electrons. The van der Waals surface area contributed by atoms with Crippen LogP contribution in [0.4, 0.5) is 0 Å². The van der Waals surface area contributed by atoms with Gasteiger partial charge >= 0.3 is 29.6 Å². The van der Waals surface area contributed by atoms with Gasteiger partial charge in [0.15, 0.2) is 0 Å². The van der Waals surface area contributed by atoms with Crippen LogP contribution >= 0.6 is 0 Å². The normalized spacial score (nSPS) is 18.1. The summed E-state index contributed by atoms with van der Waals surface area (Å²) in [5, 5.41) is 19.0. The van der Waals surface area contributed by atoms with Crippen LogP contribution in [0.2, 0.25) is 0 Å². The number of aromatic carboxylic acids is 1. The van der Waals surface area contributed by atoms with Crippen LogP contribution in [0, 0.1) is 0 Å². The summed E-state index contributed by atoms with van der Waals surface area (Å²) in [4.78, 5) is 10.2. The van der Waals surface area contributed by atoms with Gasteiger partial charge in [-0.25, -0.2) is 0 Å². The van der Waals surface area contributed by atoms with Crippen LogP contribution in [0.15, 0.2) is 24.3 Å². The number of hydrogen-bond donors (Lipinski definition) is 1. The van der Waals surface area contributed by atoms with Gasteiger partial charge in [-0.2, -0.15) is 0 Å². The van der Waals surface area contributed by atoms with Crippen molar-refractivity contribution in [1.82, 2.24) is 0 Å². The number of rotatable bonds is 1. The van der Waals surface area contributed by atoms with Crippen molar-refractivity contribution in [3.8, 4) is 5.75 Å². The maximum absolute atomic E-state index is 10.2. The summed E-state index contributed by atoms with van der Waals surface area (Å²) in [6.45, 7) is 7.04. The number of phenols is 1. The number of carbonyl (C=O) groups excluding carboxylic acids is 1. The maximum atomic E-state index is 10.2. The Morgan fingerprint density at radius 2 is 0.931 bits per heavy atom. The molecule has 10 heteroatoms. The van der Waals surface area contributed by atoms with E-state index in [1.807, 2.05) is 0 Å². The largest absolute Gasteiger partial charge is 1.00 e. The number of carboxylic acid groups (broad SMARTS) is 1. The Morgan fingerprint density at radius 1 is 0.655 bits per heavy atom. The molecule has 1 N–H and O–H groups in total. The summed E-state index contributed by atoms with van der Waals surface area (Å²) in [6.07, 6.45) is 0. The maximum Gasteiger partial charge on any atom is 1.00 e. The van der Waals surface area contributed by atoms with Gasteiger partial charge in [-0.15, -0.1) is 0 Å². The first kappa shape index (κ1) is 28.2. The summed E-state index contributed by atoms with van der Waals surface area (Å²) in [5.41, 5.74) is -0.178. The second kappa shape index (κ2) is 20.5. The molecule has 0 aromatic heterocycles. The van der Waals surface area contributed by atoms with Crippen LogP contribution in [0.5, 0.6) is 5.75 Å². The number of aromatic hydroxyl groups is 1. The van der Waals surface area contributed by atoms with Crippen LogP contribution in [-0.4, -0.2) is 90.4 Å². The molecule has 9 nitrogen and oxygen atoms in total. The van der Waals surface area contributed by atoms with Gasteiger partial charge < -0.3 is 43.4 Å². The molecule has 1 aliphatic rings. The number of benzene rings is 1. The zero-order chi connectivity index (χ0) is 20.3. The molecule has 0 atom stereocenters. The van der Waals surface area contributed by atoms with Crippen LogP contribution in [0.3, 0.4) is 0 Å². The number of para-hydroxylation sites is 1. The van der Waals surface area contributed by atoms with E-state index in [1.165, 1.54) is 18.2 Å². The van der Waals surface area contributed by atoms with Crippen LogP contribution in [0.25, 0.3) is 0 Å². The minimum atomic E-state index is -1.36. The second-order valence-corrected chi connectivity index (χ2v) is 5.48. The van der Waals surface area contributed by atoms with Crippen molar-refractivity contribution in [2.45, 2.75) is 0 Å². The number of carboxylic acids is 1. The third kappa shape index (κ3) is 16.7. The van der Waals surface area contributed by atoms with E-state index in [-0.39, 0.29) is 40.9 Å². The summed E-state index contributed by atoms with van der Waals surface area (Å²) in [6, 6.07) is 5.64. The fourth-order valence-corrected chi connectivity index (χ4v) is 1.97. The topological polar surface area (TPSA) is 116 Å². The molecule has 29 heavy (non-hydrogen) atoms. The molecule has 0 radical (unpaired) electrons. The summed E-state index contributed by atoms with van der Waals surface area (Å²) in [5.74, 6) is -1.62. The third-order valence-corrected chi connectivity index (χ3v) is 3.36. The van der Waals surface area contributed by atoms with Gasteiger partial charge in [0.1, 0.15) is 5.75 Å². The minimum absolute atomic E-state index is 0. The average Bonchev–Trinajstić information content (AvgIpc) is 2.69. The first-order chi connectivity index (χ1) is 13.7. The zero-order valence-electron chi connectivity index (χ0n) is 17.0. The summed E-state index contributed by atoms with van der Waals surface area (Å²) < 4.78 is 32.0.